The predicted octanol–water partition coefficient (Wildman–Crippen LogP) is 2.06. The molecule has 0 aliphatic carbocycles. The molecule has 0 saturated carbocycles. The third kappa shape index (κ3) is 3.34. The second-order valence-electron chi connectivity index (χ2n) is 6.51. The van der Waals surface area contributed by atoms with Crippen molar-refractivity contribution in [3.63, 3.8) is 0 Å². The van der Waals surface area contributed by atoms with E-state index >= 15 is 0 Å². The van der Waals surface area contributed by atoms with E-state index in [0.29, 0.717) is 13.1 Å². The highest BCUT2D eigenvalue weighted by molar-refractivity contribution is 7.88. The zero-order chi connectivity index (χ0) is 17.3. The molecule has 0 amide bonds. The maximum absolute atomic E-state index is 11.9. The average molecular weight is 349 g/mol. The van der Waals surface area contributed by atoms with E-state index in [9.17, 15) is 8.42 Å². The van der Waals surface area contributed by atoms with Crippen LogP contribution in [-0.2, 0) is 10.0 Å². The van der Waals surface area contributed by atoms with Gasteiger partial charge in [0, 0.05) is 43.6 Å². The van der Waals surface area contributed by atoms with Crippen molar-refractivity contribution >= 4 is 10.0 Å². The molecule has 0 bridgehead atoms. The second-order valence-corrected chi connectivity index (χ2v) is 8.49. The highest BCUT2D eigenvalue weighted by atomic mass is 32.2. The van der Waals surface area contributed by atoms with E-state index in [1.165, 1.54) is 6.26 Å². The molecule has 130 valence electrons. The van der Waals surface area contributed by atoms with Crippen LogP contribution in [0.4, 0.5) is 0 Å². The molecule has 7 nitrogen and oxygen atoms in total. The zero-order valence-corrected chi connectivity index (χ0v) is 15.1. The van der Waals surface area contributed by atoms with Crippen LogP contribution in [0, 0.1) is 0 Å². The van der Waals surface area contributed by atoms with E-state index in [0.717, 1.165) is 29.9 Å². The van der Waals surface area contributed by atoms with E-state index in [2.05, 4.69) is 28.9 Å². The van der Waals surface area contributed by atoms with Crippen LogP contribution in [0.1, 0.15) is 44.3 Å². The highest BCUT2D eigenvalue weighted by Gasteiger charge is 2.30. The first-order valence-electron chi connectivity index (χ1n) is 8.18. The number of rotatable bonds is 4. The largest absolute Gasteiger partial charge is 0.261 e. The third-order valence-corrected chi connectivity index (χ3v) is 5.64. The molecule has 8 heteroatoms. The van der Waals surface area contributed by atoms with Crippen LogP contribution in [0.2, 0.25) is 0 Å². The summed E-state index contributed by atoms with van der Waals surface area (Å²) in [6.07, 6.45) is 8.12. The number of hydrogen-bond acceptors (Lipinski definition) is 5. The van der Waals surface area contributed by atoms with Gasteiger partial charge in [0.15, 0.2) is 0 Å². The third-order valence-electron chi connectivity index (χ3n) is 4.37. The maximum Gasteiger partial charge on any atom is 0.211 e. The minimum absolute atomic E-state index is 0.0488. The molecule has 1 aliphatic rings. The van der Waals surface area contributed by atoms with Gasteiger partial charge in [-0.3, -0.25) is 14.6 Å². The van der Waals surface area contributed by atoms with Crippen LogP contribution in [0.3, 0.4) is 0 Å². The Morgan fingerprint density at radius 1 is 1.21 bits per heavy atom. The van der Waals surface area contributed by atoms with Gasteiger partial charge in [-0.15, -0.1) is 0 Å². The molecule has 0 N–H and O–H groups in total. The smallest absolute Gasteiger partial charge is 0.211 e. The Morgan fingerprint density at radius 3 is 2.67 bits per heavy atom. The van der Waals surface area contributed by atoms with Gasteiger partial charge in [-0.05, 0) is 32.8 Å². The molecular formula is C16H23N5O2S. The molecule has 2 aromatic rings. The SMILES string of the molecule is CC(C)n1nccc1-c1nccnc1[C@H]1CCCN(S(C)(=O)=O)C1. The molecule has 0 radical (unpaired) electrons. The van der Waals surface area contributed by atoms with Gasteiger partial charge in [0.1, 0.15) is 5.69 Å². The van der Waals surface area contributed by atoms with Gasteiger partial charge < -0.3 is 0 Å². The topological polar surface area (TPSA) is 81.0 Å². The number of hydrogen-bond donors (Lipinski definition) is 0. The molecular weight excluding hydrogens is 326 g/mol. The molecule has 1 fully saturated rings. The summed E-state index contributed by atoms with van der Waals surface area (Å²) in [5.41, 5.74) is 2.57. The van der Waals surface area contributed by atoms with Crippen molar-refractivity contribution in [3.8, 4) is 11.4 Å². The summed E-state index contributed by atoms with van der Waals surface area (Å²) in [7, 11) is -3.19. The number of sulfonamides is 1. The van der Waals surface area contributed by atoms with E-state index < -0.39 is 10.0 Å². The lowest BCUT2D eigenvalue weighted by Crippen LogP contribution is -2.38. The van der Waals surface area contributed by atoms with Crippen LogP contribution < -0.4 is 0 Å². The van der Waals surface area contributed by atoms with Gasteiger partial charge in [-0.1, -0.05) is 0 Å². The molecule has 1 atom stereocenters. The van der Waals surface area contributed by atoms with E-state index in [4.69, 9.17) is 0 Å². The summed E-state index contributed by atoms with van der Waals surface area (Å²) in [6.45, 7) is 5.17. The number of piperidine rings is 1. The van der Waals surface area contributed by atoms with Gasteiger partial charge in [-0.25, -0.2) is 12.7 Å². The predicted molar refractivity (Wildman–Crippen MR) is 92.0 cm³/mol. The van der Waals surface area contributed by atoms with Crippen molar-refractivity contribution in [3.05, 3.63) is 30.4 Å². The molecule has 3 rings (SSSR count). The lowest BCUT2D eigenvalue weighted by molar-refractivity contribution is 0.314. The molecule has 1 aliphatic heterocycles. The molecule has 3 heterocycles. The second kappa shape index (κ2) is 6.60. The van der Waals surface area contributed by atoms with Crippen molar-refractivity contribution in [1.82, 2.24) is 24.1 Å². The zero-order valence-electron chi connectivity index (χ0n) is 14.3. The van der Waals surface area contributed by atoms with Crippen molar-refractivity contribution in [2.24, 2.45) is 0 Å². The average Bonchev–Trinajstić information content (AvgIpc) is 3.04. The van der Waals surface area contributed by atoms with E-state index in [-0.39, 0.29) is 12.0 Å². The summed E-state index contributed by atoms with van der Waals surface area (Å²) in [6, 6.07) is 2.15. The Labute approximate surface area is 142 Å². The first kappa shape index (κ1) is 17.0. The minimum Gasteiger partial charge on any atom is -0.261 e. The summed E-state index contributed by atoms with van der Waals surface area (Å²) in [5, 5.41) is 4.38. The summed E-state index contributed by atoms with van der Waals surface area (Å²) in [5.74, 6) is 0.0488. The van der Waals surface area contributed by atoms with Crippen LogP contribution in [0.15, 0.2) is 24.7 Å². The monoisotopic (exact) mass is 349 g/mol. The molecule has 0 unspecified atom stereocenters. The van der Waals surface area contributed by atoms with Crippen molar-refractivity contribution in [1.29, 1.82) is 0 Å². The fraction of sp³-hybridized carbons (Fsp3) is 0.562. The Balaban J connectivity index is 1.99. The van der Waals surface area contributed by atoms with Gasteiger partial charge in [0.05, 0.1) is 17.6 Å². The van der Waals surface area contributed by atoms with Crippen LogP contribution >= 0.6 is 0 Å². The number of aromatic nitrogens is 4. The molecule has 0 spiro atoms. The Bertz CT molecular complexity index is 815. The number of nitrogens with zero attached hydrogens (tertiary/aromatic N) is 5. The van der Waals surface area contributed by atoms with E-state index in [1.807, 2.05) is 10.7 Å². The first-order valence-corrected chi connectivity index (χ1v) is 10.0. The van der Waals surface area contributed by atoms with Crippen LogP contribution in [-0.4, -0.2) is 51.8 Å². The van der Waals surface area contributed by atoms with Gasteiger partial charge in [0.25, 0.3) is 0 Å². The van der Waals surface area contributed by atoms with Crippen molar-refractivity contribution in [2.75, 3.05) is 19.3 Å². The van der Waals surface area contributed by atoms with Gasteiger partial charge in [0.2, 0.25) is 10.0 Å². The lowest BCUT2D eigenvalue weighted by atomic mass is 9.93. The van der Waals surface area contributed by atoms with Crippen molar-refractivity contribution in [2.45, 2.75) is 38.6 Å². The summed E-state index contributed by atoms with van der Waals surface area (Å²) < 4.78 is 27.3. The fourth-order valence-corrected chi connectivity index (χ4v) is 4.14. The van der Waals surface area contributed by atoms with Crippen molar-refractivity contribution < 1.29 is 8.42 Å². The van der Waals surface area contributed by atoms with Gasteiger partial charge >= 0.3 is 0 Å². The lowest BCUT2D eigenvalue weighted by Gasteiger charge is -2.31. The minimum atomic E-state index is -3.19. The molecule has 2 aromatic heterocycles. The standard InChI is InChI=1S/C16H23N5O2S/c1-12(2)21-14(6-7-19-21)16-15(17-8-9-18-16)13-5-4-10-20(11-13)24(3,22)23/h6-9,12-13H,4-5,10-11H2,1-3H3/t13-/m0/s1. The molecule has 0 aromatic carbocycles. The Kier molecular flexibility index (Phi) is 4.69. The summed E-state index contributed by atoms with van der Waals surface area (Å²) >= 11 is 0. The molecule has 24 heavy (non-hydrogen) atoms. The Morgan fingerprint density at radius 2 is 1.96 bits per heavy atom. The fourth-order valence-electron chi connectivity index (χ4n) is 3.22. The van der Waals surface area contributed by atoms with E-state index in [1.54, 1.807) is 22.9 Å². The maximum atomic E-state index is 11.9. The van der Waals surface area contributed by atoms with Gasteiger partial charge in [-0.2, -0.15) is 5.10 Å². The highest BCUT2D eigenvalue weighted by Crippen LogP contribution is 2.33. The van der Waals surface area contributed by atoms with Crippen LogP contribution in [0.25, 0.3) is 11.4 Å². The molecule has 1 saturated heterocycles. The van der Waals surface area contributed by atoms with Crippen LogP contribution in [0.5, 0.6) is 0 Å². The normalized spacial score (nSPS) is 19.8. The first-order chi connectivity index (χ1) is 11.4. The summed E-state index contributed by atoms with van der Waals surface area (Å²) in [4.78, 5) is 9.09. The quantitative estimate of drug-likeness (QED) is 0.844. The Hall–Kier alpha value is -1.80.